The Labute approximate surface area is 157 Å². The van der Waals surface area contributed by atoms with Crippen LogP contribution >= 0.6 is 0 Å². The van der Waals surface area contributed by atoms with Gasteiger partial charge in [0.1, 0.15) is 11.5 Å². The number of aromatic nitrogens is 2. The van der Waals surface area contributed by atoms with E-state index in [9.17, 15) is 4.79 Å². The third-order valence-corrected chi connectivity index (χ3v) is 4.39. The van der Waals surface area contributed by atoms with E-state index in [-0.39, 0.29) is 5.91 Å². The summed E-state index contributed by atoms with van der Waals surface area (Å²) >= 11 is 0. The molecule has 0 radical (unpaired) electrons. The zero-order valence-corrected chi connectivity index (χ0v) is 14.8. The molecule has 0 atom stereocenters. The number of hydrogen-bond donors (Lipinski definition) is 1. The van der Waals surface area contributed by atoms with Crippen molar-refractivity contribution in [3.63, 3.8) is 0 Å². The lowest BCUT2D eigenvalue weighted by Crippen LogP contribution is -2.20. The summed E-state index contributed by atoms with van der Waals surface area (Å²) < 4.78 is 5.86. The van der Waals surface area contributed by atoms with Crippen LogP contribution in [-0.4, -0.2) is 29.0 Å². The monoisotopic (exact) mass is 360 g/mol. The van der Waals surface area contributed by atoms with Crippen LogP contribution in [0.5, 0.6) is 11.5 Å². The number of hydrogen-bond acceptors (Lipinski definition) is 5. The van der Waals surface area contributed by atoms with Crippen LogP contribution in [0.4, 0.5) is 11.6 Å². The van der Waals surface area contributed by atoms with Gasteiger partial charge in [0.15, 0.2) is 0 Å². The molecule has 4 rings (SSSR count). The molecular formula is C21H20N4O2. The van der Waals surface area contributed by atoms with Crippen LogP contribution in [0.15, 0.2) is 67.0 Å². The van der Waals surface area contributed by atoms with Gasteiger partial charge in [-0.2, -0.15) is 0 Å². The Morgan fingerprint density at radius 2 is 1.59 bits per heavy atom. The van der Waals surface area contributed by atoms with Crippen molar-refractivity contribution in [3.05, 3.63) is 72.6 Å². The molecular weight excluding hydrogens is 340 g/mol. The minimum atomic E-state index is -0.265. The number of carbonyl (C=O) groups excluding carboxylic acids is 1. The molecule has 1 aliphatic rings. The first-order valence-corrected chi connectivity index (χ1v) is 9.00. The number of para-hydroxylation sites is 2. The fourth-order valence-corrected chi connectivity index (χ4v) is 3.02. The molecule has 27 heavy (non-hydrogen) atoms. The minimum Gasteiger partial charge on any atom is -0.457 e. The molecule has 2 heterocycles. The molecule has 6 nitrogen and oxygen atoms in total. The quantitative estimate of drug-likeness (QED) is 0.741. The average Bonchev–Trinajstić information content (AvgIpc) is 3.25. The second-order valence-corrected chi connectivity index (χ2v) is 6.33. The second kappa shape index (κ2) is 7.86. The normalized spacial score (nSPS) is 13.4. The molecule has 1 N–H and O–H groups in total. The van der Waals surface area contributed by atoms with E-state index in [0.717, 1.165) is 13.1 Å². The van der Waals surface area contributed by atoms with E-state index in [1.54, 1.807) is 30.6 Å². The Hall–Kier alpha value is -3.41. The van der Waals surface area contributed by atoms with Gasteiger partial charge in [0, 0.05) is 13.1 Å². The maximum Gasteiger partial charge on any atom is 0.259 e. The van der Waals surface area contributed by atoms with Crippen LogP contribution in [0.3, 0.4) is 0 Å². The van der Waals surface area contributed by atoms with Crippen molar-refractivity contribution in [1.82, 2.24) is 9.97 Å². The highest BCUT2D eigenvalue weighted by atomic mass is 16.5. The van der Waals surface area contributed by atoms with E-state index in [1.807, 2.05) is 36.4 Å². The second-order valence-electron chi connectivity index (χ2n) is 6.33. The highest BCUT2D eigenvalue weighted by molar-refractivity contribution is 6.06. The molecule has 1 aromatic heterocycles. The van der Waals surface area contributed by atoms with Gasteiger partial charge in [-0.25, -0.2) is 9.97 Å². The first-order valence-electron chi connectivity index (χ1n) is 9.00. The molecule has 0 spiro atoms. The third kappa shape index (κ3) is 4.06. The van der Waals surface area contributed by atoms with E-state index in [1.165, 1.54) is 12.8 Å². The van der Waals surface area contributed by atoms with Gasteiger partial charge in [0.25, 0.3) is 5.91 Å². The fraction of sp³-hybridized carbons (Fsp3) is 0.190. The number of nitrogens with zero attached hydrogens (tertiary/aromatic N) is 3. The van der Waals surface area contributed by atoms with Crippen molar-refractivity contribution in [1.29, 1.82) is 0 Å². The van der Waals surface area contributed by atoms with Gasteiger partial charge in [-0.15, -0.1) is 0 Å². The van der Waals surface area contributed by atoms with E-state index in [0.29, 0.717) is 28.7 Å². The van der Waals surface area contributed by atoms with Gasteiger partial charge in [-0.05, 0) is 37.1 Å². The van der Waals surface area contributed by atoms with Crippen LogP contribution in [0, 0.1) is 0 Å². The number of benzene rings is 2. The highest BCUT2D eigenvalue weighted by Crippen LogP contribution is 2.26. The van der Waals surface area contributed by atoms with Crippen molar-refractivity contribution in [3.8, 4) is 11.5 Å². The van der Waals surface area contributed by atoms with Crippen molar-refractivity contribution in [2.45, 2.75) is 12.8 Å². The zero-order valence-electron chi connectivity index (χ0n) is 14.8. The molecule has 0 saturated carbocycles. The number of ether oxygens (including phenoxy) is 1. The number of anilines is 2. The Morgan fingerprint density at radius 1 is 0.926 bits per heavy atom. The summed E-state index contributed by atoms with van der Waals surface area (Å²) in [6.45, 7) is 1.96. The van der Waals surface area contributed by atoms with Crippen molar-refractivity contribution < 1.29 is 9.53 Å². The lowest BCUT2D eigenvalue weighted by Gasteiger charge is -2.15. The Balaban J connectivity index is 1.48. The van der Waals surface area contributed by atoms with Gasteiger partial charge in [-0.3, -0.25) is 4.79 Å². The molecule has 1 aliphatic heterocycles. The number of carbonyl (C=O) groups is 1. The van der Waals surface area contributed by atoms with Crippen LogP contribution in [0.25, 0.3) is 0 Å². The van der Waals surface area contributed by atoms with Crippen LogP contribution in [0.2, 0.25) is 0 Å². The zero-order chi connectivity index (χ0) is 18.5. The van der Waals surface area contributed by atoms with Gasteiger partial charge in [0.2, 0.25) is 5.95 Å². The summed E-state index contributed by atoms with van der Waals surface area (Å²) in [5.74, 6) is 1.62. The SMILES string of the molecule is O=C(Nc1cnc(N2CCCC2)nc1)c1ccccc1Oc1ccccc1. The summed E-state index contributed by atoms with van der Waals surface area (Å²) in [5, 5.41) is 2.84. The Bertz CT molecular complexity index is 907. The number of nitrogens with one attached hydrogen (secondary N) is 1. The van der Waals surface area contributed by atoms with Crippen LogP contribution in [0.1, 0.15) is 23.2 Å². The maximum atomic E-state index is 12.7. The topological polar surface area (TPSA) is 67.4 Å². The average molecular weight is 360 g/mol. The van der Waals surface area contributed by atoms with Crippen molar-refractivity contribution in [2.75, 3.05) is 23.3 Å². The maximum absolute atomic E-state index is 12.7. The van der Waals surface area contributed by atoms with Crippen molar-refractivity contribution >= 4 is 17.5 Å². The molecule has 6 heteroatoms. The van der Waals surface area contributed by atoms with Crippen LogP contribution < -0.4 is 15.0 Å². The Morgan fingerprint density at radius 3 is 2.33 bits per heavy atom. The standard InChI is InChI=1S/C21H20N4O2/c26-20(24-16-14-22-21(23-15-16)25-12-6-7-13-25)18-10-4-5-11-19(18)27-17-8-2-1-3-9-17/h1-5,8-11,14-15H,6-7,12-13H2,(H,24,26). The molecule has 0 bridgehead atoms. The van der Waals surface area contributed by atoms with E-state index < -0.39 is 0 Å². The van der Waals surface area contributed by atoms with Crippen molar-refractivity contribution in [2.24, 2.45) is 0 Å². The van der Waals surface area contributed by atoms with Crippen LogP contribution in [-0.2, 0) is 0 Å². The molecule has 2 aromatic carbocycles. The highest BCUT2D eigenvalue weighted by Gasteiger charge is 2.16. The lowest BCUT2D eigenvalue weighted by molar-refractivity contribution is 0.102. The van der Waals surface area contributed by atoms with Gasteiger partial charge in [-0.1, -0.05) is 30.3 Å². The summed E-state index contributed by atoms with van der Waals surface area (Å²) in [4.78, 5) is 23.6. The fourth-order valence-electron chi connectivity index (χ4n) is 3.02. The molecule has 3 aromatic rings. The predicted molar refractivity (Wildman–Crippen MR) is 104 cm³/mol. The molecule has 136 valence electrons. The van der Waals surface area contributed by atoms with E-state index in [4.69, 9.17) is 4.74 Å². The third-order valence-electron chi connectivity index (χ3n) is 4.39. The van der Waals surface area contributed by atoms with Gasteiger partial charge in [0.05, 0.1) is 23.6 Å². The lowest BCUT2D eigenvalue weighted by atomic mass is 10.2. The summed E-state index contributed by atoms with van der Waals surface area (Å²) in [7, 11) is 0. The Kier molecular flexibility index (Phi) is 4.96. The van der Waals surface area contributed by atoms with Gasteiger partial charge >= 0.3 is 0 Å². The molecule has 1 amide bonds. The summed E-state index contributed by atoms with van der Waals surface area (Å²) in [6.07, 6.45) is 5.61. The molecule has 0 unspecified atom stereocenters. The van der Waals surface area contributed by atoms with Gasteiger partial charge < -0.3 is 15.0 Å². The first kappa shape index (κ1) is 17.0. The molecule has 1 fully saturated rings. The smallest absolute Gasteiger partial charge is 0.259 e. The number of rotatable bonds is 5. The van der Waals surface area contributed by atoms with E-state index in [2.05, 4.69) is 20.2 Å². The largest absolute Gasteiger partial charge is 0.457 e. The minimum absolute atomic E-state index is 0.265. The molecule has 0 aliphatic carbocycles. The first-order chi connectivity index (χ1) is 13.3. The summed E-state index contributed by atoms with van der Waals surface area (Å²) in [6, 6.07) is 16.5. The molecule has 1 saturated heterocycles. The van der Waals surface area contributed by atoms with E-state index >= 15 is 0 Å². The number of amides is 1. The summed E-state index contributed by atoms with van der Waals surface area (Å²) in [5.41, 5.74) is 1.00. The predicted octanol–water partition coefficient (Wildman–Crippen LogP) is 4.12.